The summed E-state index contributed by atoms with van der Waals surface area (Å²) in [6, 6.07) is 5.45. The first kappa shape index (κ1) is 10.8. The van der Waals surface area contributed by atoms with Gasteiger partial charge in [0.2, 0.25) is 10.0 Å². The molecule has 1 aromatic rings. The van der Waals surface area contributed by atoms with Gasteiger partial charge in [-0.1, -0.05) is 24.3 Å². The molecule has 4 heteroatoms. The molecule has 0 spiro atoms. The molecule has 0 heterocycles. The molecule has 3 nitrogen and oxygen atoms in total. The maximum absolute atomic E-state index is 11.0. The van der Waals surface area contributed by atoms with Gasteiger partial charge in [-0.15, -0.1) is 0 Å². The van der Waals surface area contributed by atoms with Crippen LogP contribution in [0.1, 0.15) is 11.1 Å². The van der Waals surface area contributed by atoms with Crippen molar-refractivity contribution in [2.75, 3.05) is 11.0 Å². The molecule has 0 saturated carbocycles. The first-order valence-corrected chi connectivity index (χ1v) is 6.02. The first-order valence-electron chi connectivity index (χ1n) is 4.13. The van der Waals surface area contributed by atoms with Crippen LogP contribution >= 0.6 is 0 Å². The molecule has 1 aromatic carbocycles. The summed E-state index contributed by atoms with van der Waals surface area (Å²) in [7, 11) is -3.22. The molecule has 0 fully saturated rings. The van der Waals surface area contributed by atoms with Crippen LogP contribution in [0.4, 0.5) is 5.69 Å². The second-order valence-electron chi connectivity index (χ2n) is 3.17. The molecular weight excluding hydrogens is 198 g/mol. The summed E-state index contributed by atoms with van der Waals surface area (Å²) in [6.45, 7) is 5.57. The molecule has 0 radical (unpaired) electrons. The zero-order valence-electron chi connectivity index (χ0n) is 8.24. The fraction of sp³-hybridized carbons (Fsp3) is 0.200. The number of benzene rings is 1. The monoisotopic (exact) mass is 211 g/mol. The van der Waals surface area contributed by atoms with Crippen molar-refractivity contribution in [3.63, 3.8) is 0 Å². The number of hydrogen-bond acceptors (Lipinski definition) is 2. The van der Waals surface area contributed by atoms with E-state index in [1.165, 1.54) is 0 Å². The predicted octanol–water partition coefficient (Wildman–Crippen LogP) is 2.01. The fourth-order valence-corrected chi connectivity index (χ4v) is 1.73. The molecule has 0 unspecified atom stereocenters. The van der Waals surface area contributed by atoms with E-state index in [2.05, 4.69) is 11.3 Å². The Morgan fingerprint density at radius 2 is 2.07 bits per heavy atom. The van der Waals surface area contributed by atoms with Crippen molar-refractivity contribution in [2.45, 2.75) is 6.92 Å². The van der Waals surface area contributed by atoms with Gasteiger partial charge in [0.25, 0.3) is 0 Å². The number of sulfonamides is 1. The van der Waals surface area contributed by atoms with E-state index < -0.39 is 10.0 Å². The molecule has 0 aliphatic carbocycles. The van der Waals surface area contributed by atoms with E-state index in [1.807, 2.05) is 19.1 Å². The summed E-state index contributed by atoms with van der Waals surface area (Å²) in [4.78, 5) is 0. The summed E-state index contributed by atoms with van der Waals surface area (Å²) in [5.41, 5.74) is 2.42. The van der Waals surface area contributed by atoms with Crippen molar-refractivity contribution in [1.82, 2.24) is 0 Å². The van der Waals surface area contributed by atoms with Crippen molar-refractivity contribution in [3.8, 4) is 0 Å². The Balaban J connectivity index is 3.15. The van der Waals surface area contributed by atoms with Crippen LogP contribution in [0.25, 0.3) is 6.08 Å². The quantitative estimate of drug-likeness (QED) is 0.831. The molecule has 1 rings (SSSR count). The van der Waals surface area contributed by atoms with E-state index >= 15 is 0 Å². The van der Waals surface area contributed by atoms with Gasteiger partial charge in [-0.25, -0.2) is 8.42 Å². The Kier molecular flexibility index (Phi) is 2.96. The van der Waals surface area contributed by atoms with Gasteiger partial charge in [0, 0.05) is 0 Å². The standard InChI is InChI=1S/C10H13NO2S/c1-4-9-7-8(2)5-6-10(9)11-14(3,12)13/h4-7,11H,1H2,2-3H3. The molecule has 0 atom stereocenters. The average molecular weight is 211 g/mol. The third-order valence-electron chi connectivity index (χ3n) is 1.72. The van der Waals surface area contributed by atoms with Crippen molar-refractivity contribution in [1.29, 1.82) is 0 Å². The zero-order valence-corrected chi connectivity index (χ0v) is 9.06. The molecule has 0 amide bonds. The van der Waals surface area contributed by atoms with Crippen LogP contribution in [0.15, 0.2) is 24.8 Å². The van der Waals surface area contributed by atoms with Gasteiger partial charge in [-0.2, -0.15) is 0 Å². The van der Waals surface area contributed by atoms with Gasteiger partial charge in [0.1, 0.15) is 0 Å². The predicted molar refractivity (Wildman–Crippen MR) is 59.7 cm³/mol. The van der Waals surface area contributed by atoms with Gasteiger partial charge in [-0.05, 0) is 24.6 Å². The SMILES string of the molecule is C=Cc1cc(C)ccc1NS(C)(=O)=O. The molecule has 76 valence electrons. The number of rotatable bonds is 3. The van der Waals surface area contributed by atoms with E-state index in [9.17, 15) is 8.42 Å². The van der Waals surface area contributed by atoms with E-state index in [1.54, 1.807) is 12.1 Å². The zero-order chi connectivity index (χ0) is 10.8. The lowest BCUT2D eigenvalue weighted by Crippen LogP contribution is -2.10. The highest BCUT2D eigenvalue weighted by Crippen LogP contribution is 2.19. The van der Waals surface area contributed by atoms with E-state index in [0.717, 1.165) is 17.4 Å². The highest BCUT2D eigenvalue weighted by Gasteiger charge is 2.04. The number of hydrogen-bond donors (Lipinski definition) is 1. The maximum Gasteiger partial charge on any atom is 0.229 e. The molecule has 0 aromatic heterocycles. The van der Waals surface area contributed by atoms with Crippen molar-refractivity contribution < 1.29 is 8.42 Å². The molecule has 0 aliphatic heterocycles. The van der Waals surface area contributed by atoms with Crippen molar-refractivity contribution in [3.05, 3.63) is 35.9 Å². The number of anilines is 1. The molecule has 14 heavy (non-hydrogen) atoms. The Bertz CT molecular complexity index is 449. The minimum absolute atomic E-state index is 0.563. The third-order valence-corrected chi connectivity index (χ3v) is 2.31. The van der Waals surface area contributed by atoms with Gasteiger partial charge in [-0.3, -0.25) is 4.72 Å². The van der Waals surface area contributed by atoms with Crippen LogP contribution in [0.5, 0.6) is 0 Å². The molecule has 0 bridgehead atoms. The van der Waals surface area contributed by atoms with Gasteiger partial charge >= 0.3 is 0 Å². The topological polar surface area (TPSA) is 46.2 Å². The van der Waals surface area contributed by atoms with Crippen molar-refractivity contribution >= 4 is 21.8 Å². The smallest absolute Gasteiger partial charge is 0.229 e. The summed E-state index contributed by atoms with van der Waals surface area (Å²) in [5.74, 6) is 0. The van der Waals surface area contributed by atoms with Crippen LogP contribution < -0.4 is 4.72 Å². The maximum atomic E-state index is 11.0. The minimum Gasteiger partial charge on any atom is -0.283 e. The van der Waals surface area contributed by atoms with E-state index in [4.69, 9.17) is 0 Å². The van der Waals surface area contributed by atoms with Crippen LogP contribution in [0, 0.1) is 6.92 Å². The lowest BCUT2D eigenvalue weighted by atomic mass is 10.1. The van der Waals surface area contributed by atoms with Gasteiger partial charge in [0.05, 0.1) is 11.9 Å². The van der Waals surface area contributed by atoms with Crippen LogP contribution in [-0.2, 0) is 10.0 Å². The molecule has 0 aliphatic rings. The number of aryl methyl sites for hydroxylation is 1. The lowest BCUT2D eigenvalue weighted by molar-refractivity contribution is 0.607. The largest absolute Gasteiger partial charge is 0.283 e. The molecule has 0 saturated heterocycles. The fourth-order valence-electron chi connectivity index (χ4n) is 1.14. The Hall–Kier alpha value is -1.29. The van der Waals surface area contributed by atoms with Crippen LogP contribution in [-0.4, -0.2) is 14.7 Å². The summed E-state index contributed by atoms with van der Waals surface area (Å²) in [5, 5.41) is 0. The van der Waals surface area contributed by atoms with Crippen molar-refractivity contribution in [2.24, 2.45) is 0 Å². The summed E-state index contributed by atoms with van der Waals surface area (Å²) >= 11 is 0. The number of nitrogens with one attached hydrogen (secondary N) is 1. The average Bonchev–Trinajstić information content (AvgIpc) is 2.06. The van der Waals surface area contributed by atoms with E-state index in [-0.39, 0.29) is 0 Å². The van der Waals surface area contributed by atoms with Crippen LogP contribution in [0.3, 0.4) is 0 Å². The lowest BCUT2D eigenvalue weighted by Gasteiger charge is -2.08. The third kappa shape index (κ3) is 2.88. The summed E-state index contributed by atoms with van der Waals surface area (Å²) < 4.78 is 24.4. The second-order valence-corrected chi connectivity index (χ2v) is 4.92. The van der Waals surface area contributed by atoms with Gasteiger partial charge in [0.15, 0.2) is 0 Å². The first-order chi connectivity index (χ1) is 6.42. The molecular formula is C10H13NO2S. The Morgan fingerprint density at radius 3 is 2.57 bits per heavy atom. The second kappa shape index (κ2) is 3.84. The minimum atomic E-state index is -3.22. The summed E-state index contributed by atoms with van der Waals surface area (Å²) in [6.07, 6.45) is 2.75. The van der Waals surface area contributed by atoms with E-state index in [0.29, 0.717) is 5.69 Å². The highest BCUT2D eigenvalue weighted by atomic mass is 32.2. The highest BCUT2D eigenvalue weighted by molar-refractivity contribution is 7.92. The molecule has 1 N–H and O–H groups in total. The Morgan fingerprint density at radius 1 is 1.43 bits per heavy atom. The van der Waals surface area contributed by atoms with Crippen LogP contribution in [0.2, 0.25) is 0 Å². The Labute approximate surface area is 84.5 Å². The van der Waals surface area contributed by atoms with Gasteiger partial charge < -0.3 is 0 Å². The normalized spacial score (nSPS) is 11.0.